The molecule has 0 saturated heterocycles. The van der Waals surface area contributed by atoms with Gasteiger partial charge in [-0.3, -0.25) is 4.79 Å². The zero-order valence-electron chi connectivity index (χ0n) is 12.1. The first-order chi connectivity index (χ1) is 10.5. The monoisotopic (exact) mass is 356 g/mol. The van der Waals surface area contributed by atoms with Gasteiger partial charge >= 0.3 is 4.87 Å². The van der Waals surface area contributed by atoms with Gasteiger partial charge in [-0.15, -0.1) is 6.42 Å². The van der Waals surface area contributed by atoms with Crippen LogP contribution >= 0.6 is 34.5 Å². The van der Waals surface area contributed by atoms with Crippen LogP contribution in [0.25, 0.3) is 5.69 Å². The van der Waals surface area contributed by atoms with E-state index in [4.69, 9.17) is 34.4 Å². The van der Waals surface area contributed by atoms with Crippen molar-refractivity contribution in [1.82, 2.24) is 9.78 Å². The van der Waals surface area contributed by atoms with E-state index in [1.54, 1.807) is 6.07 Å². The minimum atomic E-state index is -0.206. The van der Waals surface area contributed by atoms with E-state index in [-0.39, 0.29) is 17.4 Å². The third-order valence-electron chi connectivity index (χ3n) is 3.14. The molecule has 0 bridgehead atoms. The van der Waals surface area contributed by atoms with Gasteiger partial charge in [-0.1, -0.05) is 54.3 Å². The van der Waals surface area contributed by atoms with E-state index in [1.165, 1.54) is 10.7 Å². The number of rotatable bonds is 5. The summed E-state index contributed by atoms with van der Waals surface area (Å²) in [6, 6.07) is 3.09. The molecular weight excluding hydrogens is 343 g/mol. The smallest absolute Gasteiger partial charge is 0.329 e. The summed E-state index contributed by atoms with van der Waals surface area (Å²) in [5.74, 6) is 2.93. The molecule has 2 rings (SSSR count). The van der Waals surface area contributed by atoms with Crippen molar-refractivity contribution in [3.63, 3.8) is 0 Å². The summed E-state index contributed by atoms with van der Waals surface area (Å²) in [6.45, 7) is 4.14. The van der Waals surface area contributed by atoms with Crippen LogP contribution < -0.4 is 9.61 Å². The van der Waals surface area contributed by atoms with Gasteiger partial charge in [0, 0.05) is 12.0 Å². The van der Waals surface area contributed by atoms with Crippen molar-refractivity contribution in [2.45, 2.75) is 26.2 Å². The van der Waals surface area contributed by atoms with Crippen LogP contribution in [0.15, 0.2) is 16.9 Å². The van der Waals surface area contributed by atoms with Crippen molar-refractivity contribution in [2.75, 3.05) is 6.61 Å². The number of hydrogen-bond donors (Lipinski definition) is 0. The van der Waals surface area contributed by atoms with Crippen molar-refractivity contribution < 1.29 is 4.74 Å². The molecule has 1 heterocycles. The van der Waals surface area contributed by atoms with Crippen LogP contribution in [-0.4, -0.2) is 16.4 Å². The highest BCUT2D eigenvalue weighted by molar-refractivity contribution is 7.09. The molecule has 0 spiro atoms. The summed E-state index contributed by atoms with van der Waals surface area (Å²) in [5, 5.41) is 5.78. The number of nitrogens with zero attached hydrogens (tertiary/aromatic N) is 2. The fourth-order valence-corrected chi connectivity index (χ4v) is 3.14. The van der Waals surface area contributed by atoms with Crippen molar-refractivity contribution in [1.29, 1.82) is 0 Å². The molecule has 1 atom stereocenters. The molecule has 0 fully saturated rings. The first kappa shape index (κ1) is 16.9. The normalized spacial score (nSPS) is 12.0. The largest absolute Gasteiger partial charge is 0.479 e. The molecule has 1 unspecified atom stereocenters. The molecule has 7 heteroatoms. The van der Waals surface area contributed by atoms with Crippen molar-refractivity contribution in [2.24, 2.45) is 0 Å². The highest BCUT2D eigenvalue weighted by Crippen LogP contribution is 2.33. The topological polar surface area (TPSA) is 44.1 Å². The second-order valence-electron chi connectivity index (χ2n) is 4.65. The van der Waals surface area contributed by atoms with E-state index >= 15 is 0 Å². The number of benzene rings is 1. The van der Waals surface area contributed by atoms with Gasteiger partial charge in [0.05, 0.1) is 15.7 Å². The maximum Gasteiger partial charge on any atom is 0.329 e. The Morgan fingerprint density at radius 1 is 1.45 bits per heavy atom. The molecule has 0 aliphatic heterocycles. The molecule has 2 aromatic rings. The molecule has 1 aromatic carbocycles. The van der Waals surface area contributed by atoms with Crippen LogP contribution in [0.5, 0.6) is 5.75 Å². The van der Waals surface area contributed by atoms with Gasteiger partial charge in [-0.2, -0.15) is 9.78 Å². The molecule has 0 N–H and O–H groups in total. The highest BCUT2D eigenvalue weighted by atomic mass is 35.5. The minimum Gasteiger partial charge on any atom is -0.479 e. The minimum absolute atomic E-state index is 0.0743. The standard InChI is InChI=1S/C15H14Cl2N2O2S/c1-4-6-21-13-8-12(10(16)7-11(13)17)19-15(20)22-14(18-19)9(3)5-2/h1,7-9H,5-6H2,2-3H3. The summed E-state index contributed by atoms with van der Waals surface area (Å²) < 4.78 is 6.62. The molecule has 0 radical (unpaired) electrons. The SMILES string of the molecule is C#CCOc1cc(-n2nc(C(C)CC)sc2=O)c(Cl)cc1Cl. The Hall–Kier alpha value is -1.48. The molecule has 22 heavy (non-hydrogen) atoms. The van der Waals surface area contributed by atoms with Crippen molar-refractivity contribution >= 4 is 34.5 Å². The second kappa shape index (κ2) is 7.19. The van der Waals surface area contributed by atoms with Gasteiger partial charge in [0.2, 0.25) is 0 Å². The fraction of sp³-hybridized carbons (Fsp3) is 0.333. The Balaban J connectivity index is 2.50. The third kappa shape index (κ3) is 3.46. The van der Waals surface area contributed by atoms with Crippen LogP contribution in [-0.2, 0) is 0 Å². The van der Waals surface area contributed by atoms with Crippen LogP contribution in [0, 0.1) is 12.3 Å². The average molecular weight is 357 g/mol. The summed E-state index contributed by atoms with van der Waals surface area (Å²) in [6.07, 6.45) is 6.07. The quantitative estimate of drug-likeness (QED) is 0.756. The number of aromatic nitrogens is 2. The number of terminal acetylenes is 1. The Labute approximate surface area is 142 Å². The molecule has 1 aromatic heterocycles. The lowest BCUT2D eigenvalue weighted by Crippen LogP contribution is -2.13. The zero-order chi connectivity index (χ0) is 16.3. The molecule has 0 amide bonds. The molecular formula is C15H14Cl2N2O2S. The third-order valence-corrected chi connectivity index (χ3v) is 4.78. The van der Waals surface area contributed by atoms with E-state index in [0.717, 1.165) is 22.8 Å². The summed E-state index contributed by atoms with van der Waals surface area (Å²) in [5.41, 5.74) is 0.425. The van der Waals surface area contributed by atoms with Crippen molar-refractivity contribution in [3.05, 3.63) is 36.9 Å². The predicted octanol–water partition coefficient (Wildman–Crippen LogP) is 4.13. The van der Waals surface area contributed by atoms with Gasteiger partial charge in [0.15, 0.2) is 0 Å². The predicted molar refractivity (Wildman–Crippen MR) is 90.8 cm³/mol. The van der Waals surface area contributed by atoms with Gasteiger partial charge in [0.25, 0.3) is 0 Å². The summed E-state index contributed by atoms with van der Waals surface area (Å²) in [4.78, 5) is 12.0. The average Bonchev–Trinajstić information content (AvgIpc) is 2.87. The van der Waals surface area contributed by atoms with Gasteiger partial charge in [-0.25, -0.2) is 0 Å². The fourth-order valence-electron chi connectivity index (χ4n) is 1.73. The Bertz CT molecular complexity index is 777. The lowest BCUT2D eigenvalue weighted by Gasteiger charge is -2.09. The number of hydrogen-bond acceptors (Lipinski definition) is 4. The van der Waals surface area contributed by atoms with E-state index in [0.29, 0.717) is 21.5 Å². The van der Waals surface area contributed by atoms with Crippen LogP contribution in [0.1, 0.15) is 31.2 Å². The first-order valence-corrected chi connectivity index (χ1v) is 8.20. The maximum absolute atomic E-state index is 12.2. The van der Waals surface area contributed by atoms with E-state index in [2.05, 4.69) is 11.0 Å². The van der Waals surface area contributed by atoms with Crippen LogP contribution in [0.3, 0.4) is 0 Å². The summed E-state index contributed by atoms with van der Waals surface area (Å²) in [7, 11) is 0. The molecule has 0 saturated carbocycles. The maximum atomic E-state index is 12.2. The van der Waals surface area contributed by atoms with Gasteiger partial charge < -0.3 is 4.74 Å². The molecule has 116 valence electrons. The Kier molecular flexibility index (Phi) is 5.52. The van der Waals surface area contributed by atoms with Gasteiger partial charge in [-0.05, 0) is 12.5 Å². The summed E-state index contributed by atoms with van der Waals surface area (Å²) >= 11 is 13.4. The molecule has 4 nitrogen and oxygen atoms in total. The Morgan fingerprint density at radius 3 is 2.82 bits per heavy atom. The molecule has 0 aliphatic rings. The van der Waals surface area contributed by atoms with Crippen LogP contribution in [0.2, 0.25) is 10.0 Å². The Morgan fingerprint density at radius 2 is 2.18 bits per heavy atom. The zero-order valence-corrected chi connectivity index (χ0v) is 14.4. The second-order valence-corrected chi connectivity index (χ2v) is 6.44. The number of ether oxygens (including phenoxy) is 1. The lowest BCUT2D eigenvalue weighted by atomic mass is 10.1. The van der Waals surface area contributed by atoms with Crippen LogP contribution in [0.4, 0.5) is 0 Å². The van der Waals surface area contributed by atoms with Crippen molar-refractivity contribution in [3.8, 4) is 23.8 Å². The van der Waals surface area contributed by atoms with Gasteiger partial charge in [0.1, 0.15) is 17.4 Å². The van der Waals surface area contributed by atoms with E-state index in [9.17, 15) is 4.79 Å². The van der Waals surface area contributed by atoms with E-state index < -0.39 is 0 Å². The molecule has 0 aliphatic carbocycles. The first-order valence-electron chi connectivity index (χ1n) is 6.63. The lowest BCUT2D eigenvalue weighted by molar-refractivity contribution is 0.370. The van der Waals surface area contributed by atoms with E-state index in [1.807, 2.05) is 13.8 Å². The highest BCUT2D eigenvalue weighted by Gasteiger charge is 2.17. The number of halogens is 2.